The molecule has 1 aromatic rings. The van der Waals surface area contributed by atoms with Gasteiger partial charge in [-0.05, 0) is 26.2 Å². The zero-order valence-corrected chi connectivity index (χ0v) is 10.1. The molecule has 1 aromatic heterocycles. The summed E-state index contributed by atoms with van der Waals surface area (Å²) in [6.45, 7) is 3.25. The first kappa shape index (κ1) is 11.8. The van der Waals surface area contributed by atoms with Crippen LogP contribution < -0.4 is 5.32 Å². The molecule has 17 heavy (non-hydrogen) atoms. The topological polar surface area (TPSA) is 59.8 Å². The van der Waals surface area contributed by atoms with Gasteiger partial charge in [0.25, 0.3) is 0 Å². The standard InChI is InChI=1S/C12H18N4O/c1-2-16-11(14-9-15-16)8-13-12(17)10-6-4-3-5-7-10/h3-4,9-10H,2,5-8H2,1H3,(H,13,17). The molecule has 0 radical (unpaired) electrons. The van der Waals surface area contributed by atoms with Crippen LogP contribution in [0, 0.1) is 5.92 Å². The van der Waals surface area contributed by atoms with Crippen molar-refractivity contribution in [2.24, 2.45) is 5.92 Å². The number of carbonyl (C=O) groups excluding carboxylic acids is 1. The van der Waals surface area contributed by atoms with E-state index in [-0.39, 0.29) is 11.8 Å². The molecule has 1 atom stereocenters. The molecule has 5 nitrogen and oxygen atoms in total. The van der Waals surface area contributed by atoms with E-state index in [4.69, 9.17) is 0 Å². The van der Waals surface area contributed by atoms with Crippen LogP contribution in [0.15, 0.2) is 18.5 Å². The van der Waals surface area contributed by atoms with E-state index in [1.807, 2.05) is 6.92 Å². The van der Waals surface area contributed by atoms with Gasteiger partial charge in [-0.2, -0.15) is 5.10 Å². The lowest BCUT2D eigenvalue weighted by atomic mass is 9.94. The molecule has 2 rings (SSSR count). The summed E-state index contributed by atoms with van der Waals surface area (Å²) in [7, 11) is 0. The summed E-state index contributed by atoms with van der Waals surface area (Å²) in [6, 6.07) is 0. The Labute approximate surface area is 101 Å². The van der Waals surface area contributed by atoms with Crippen LogP contribution in [-0.2, 0) is 17.9 Å². The molecular formula is C12H18N4O. The fourth-order valence-corrected chi connectivity index (χ4v) is 2.03. The third-order valence-electron chi connectivity index (χ3n) is 3.06. The zero-order chi connectivity index (χ0) is 12.1. The molecule has 1 heterocycles. The van der Waals surface area contributed by atoms with E-state index >= 15 is 0 Å². The Bertz CT molecular complexity index is 410. The maximum absolute atomic E-state index is 11.9. The molecule has 0 saturated carbocycles. The molecule has 1 N–H and O–H groups in total. The summed E-state index contributed by atoms with van der Waals surface area (Å²) < 4.78 is 1.79. The summed E-state index contributed by atoms with van der Waals surface area (Å²) in [5.74, 6) is 1.06. The van der Waals surface area contributed by atoms with Crippen molar-refractivity contribution in [2.45, 2.75) is 39.3 Å². The van der Waals surface area contributed by atoms with Gasteiger partial charge in [0.15, 0.2) is 0 Å². The number of allylic oxidation sites excluding steroid dienone is 2. The Kier molecular flexibility index (Phi) is 3.90. The molecule has 0 aliphatic heterocycles. The molecule has 1 amide bonds. The van der Waals surface area contributed by atoms with Gasteiger partial charge in [0.2, 0.25) is 5.91 Å². The number of aryl methyl sites for hydroxylation is 1. The van der Waals surface area contributed by atoms with Crippen LogP contribution in [-0.4, -0.2) is 20.7 Å². The first-order valence-corrected chi connectivity index (χ1v) is 6.10. The average molecular weight is 234 g/mol. The van der Waals surface area contributed by atoms with Gasteiger partial charge in [-0.3, -0.25) is 4.79 Å². The molecule has 0 bridgehead atoms. The Hall–Kier alpha value is -1.65. The van der Waals surface area contributed by atoms with Crippen LogP contribution >= 0.6 is 0 Å². The van der Waals surface area contributed by atoms with Crippen molar-refractivity contribution in [1.29, 1.82) is 0 Å². The number of carbonyl (C=O) groups is 1. The molecule has 1 aliphatic rings. The SMILES string of the molecule is CCn1ncnc1CNC(=O)C1CC=CCC1. The second kappa shape index (κ2) is 5.61. The summed E-state index contributed by atoms with van der Waals surface area (Å²) in [6.07, 6.45) is 8.55. The second-order valence-corrected chi connectivity index (χ2v) is 4.19. The van der Waals surface area contributed by atoms with Gasteiger partial charge in [0.1, 0.15) is 12.2 Å². The van der Waals surface area contributed by atoms with Crippen molar-refractivity contribution in [3.8, 4) is 0 Å². The van der Waals surface area contributed by atoms with Crippen LogP contribution in [0.3, 0.4) is 0 Å². The van der Waals surface area contributed by atoms with Gasteiger partial charge in [-0.15, -0.1) is 0 Å². The highest BCUT2D eigenvalue weighted by Crippen LogP contribution is 2.17. The van der Waals surface area contributed by atoms with Crippen molar-refractivity contribution in [3.05, 3.63) is 24.3 Å². The molecule has 1 unspecified atom stereocenters. The van der Waals surface area contributed by atoms with E-state index in [2.05, 4.69) is 27.6 Å². The smallest absolute Gasteiger partial charge is 0.223 e. The van der Waals surface area contributed by atoms with E-state index in [1.165, 1.54) is 6.33 Å². The zero-order valence-electron chi connectivity index (χ0n) is 10.1. The highest BCUT2D eigenvalue weighted by Gasteiger charge is 2.18. The molecule has 92 valence electrons. The van der Waals surface area contributed by atoms with Crippen LogP contribution in [0.2, 0.25) is 0 Å². The maximum atomic E-state index is 11.9. The molecule has 0 saturated heterocycles. The first-order chi connectivity index (χ1) is 8.31. The fourth-order valence-electron chi connectivity index (χ4n) is 2.03. The summed E-state index contributed by atoms with van der Waals surface area (Å²) in [5.41, 5.74) is 0. The van der Waals surface area contributed by atoms with Crippen molar-refractivity contribution >= 4 is 5.91 Å². The van der Waals surface area contributed by atoms with Gasteiger partial charge in [0.05, 0.1) is 6.54 Å². The Balaban J connectivity index is 1.85. The van der Waals surface area contributed by atoms with Crippen molar-refractivity contribution in [3.63, 3.8) is 0 Å². The fraction of sp³-hybridized carbons (Fsp3) is 0.583. The molecule has 0 spiro atoms. The number of aromatic nitrogens is 3. The maximum Gasteiger partial charge on any atom is 0.223 e. The van der Waals surface area contributed by atoms with Gasteiger partial charge in [-0.25, -0.2) is 9.67 Å². The van der Waals surface area contributed by atoms with E-state index in [9.17, 15) is 4.79 Å². The number of nitrogens with zero attached hydrogens (tertiary/aromatic N) is 3. The number of hydrogen-bond donors (Lipinski definition) is 1. The Morgan fingerprint density at radius 3 is 3.18 bits per heavy atom. The van der Waals surface area contributed by atoms with Gasteiger partial charge in [0, 0.05) is 12.5 Å². The van der Waals surface area contributed by atoms with Gasteiger partial charge >= 0.3 is 0 Å². The molecule has 5 heteroatoms. The average Bonchev–Trinajstić information content (AvgIpc) is 2.84. The minimum absolute atomic E-state index is 0.123. The van der Waals surface area contributed by atoms with Crippen LogP contribution in [0.25, 0.3) is 0 Å². The van der Waals surface area contributed by atoms with E-state index < -0.39 is 0 Å². The predicted molar refractivity (Wildman–Crippen MR) is 64.0 cm³/mol. The third-order valence-corrected chi connectivity index (χ3v) is 3.06. The minimum atomic E-state index is 0.123. The lowest BCUT2D eigenvalue weighted by Gasteiger charge is -2.17. The van der Waals surface area contributed by atoms with Gasteiger partial charge < -0.3 is 5.32 Å². The molecule has 0 aromatic carbocycles. The summed E-state index contributed by atoms with van der Waals surface area (Å²) in [5, 5.41) is 7.00. The minimum Gasteiger partial charge on any atom is -0.349 e. The molecule has 0 fully saturated rings. The van der Waals surface area contributed by atoms with Crippen molar-refractivity contribution in [2.75, 3.05) is 0 Å². The molecular weight excluding hydrogens is 216 g/mol. The lowest BCUT2D eigenvalue weighted by molar-refractivity contribution is -0.125. The van der Waals surface area contributed by atoms with Crippen LogP contribution in [0.5, 0.6) is 0 Å². The highest BCUT2D eigenvalue weighted by molar-refractivity contribution is 5.78. The monoisotopic (exact) mass is 234 g/mol. The van der Waals surface area contributed by atoms with Gasteiger partial charge in [-0.1, -0.05) is 12.2 Å². The lowest BCUT2D eigenvalue weighted by Crippen LogP contribution is -2.31. The first-order valence-electron chi connectivity index (χ1n) is 6.10. The number of amides is 1. The predicted octanol–water partition coefficient (Wildman–Crippen LogP) is 1.27. The van der Waals surface area contributed by atoms with Crippen LogP contribution in [0.4, 0.5) is 0 Å². The molecule has 1 aliphatic carbocycles. The third kappa shape index (κ3) is 2.93. The van der Waals surface area contributed by atoms with Crippen molar-refractivity contribution in [1.82, 2.24) is 20.1 Å². The highest BCUT2D eigenvalue weighted by atomic mass is 16.1. The van der Waals surface area contributed by atoms with Crippen molar-refractivity contribution < 1.29 is 4.79 Å². The van der Waals surface area contributed by atoms with E-state index in [0.29, 0.717) is 6.54 Å². The van der Waals surface area contributed by atoms with E-state index in [0.717, 1.165) is 31.6 Å². The Morgan fingerprint density at radius 1 is 1.59 bits per heavy atom. The Morgan fingerprint density at radius 2 is 2.47 bits per heavy atom. The van der Waals surface area contributed by atoms with Crippen LogP contribution in [0.1, 0.15) is 32.0 Å². The summed E-state index contributed by atoms with van der Waals surface area (Å²) >= 11 is 0. The second-order valence-electron chi connectivity index (χ2n) is 4.19. The number of rotatable bonds is 4. The number of nitrogens with one attached hydrogen (secondary N) is 1. The normalized spacial score (nSPS) is 19.2. The quantitative estimate of drug-likeness (QED) is 0.798. The van der Waals surface area contributed by atoms with E-state index in [1.54, 1.807) is 4.68 Å². The largest absolute Gasteiger partial charge is 0.349 e. The summed E-state index contributed by atoms with van der Waals surface area (Å²) in [4.78, 5) is 16.0. The number of hydrogen-bond acceptors (Lipinski definition) is 3.